The highest BCUT2D eigenvalue weighted by Gasteiger charge is 2.25. The molecule has 0 spiro atoms. The largest absolute Gasteiger partial charge is 0.469 e. The van der Waals surface area contributed by atoms with Crippen LogP contribution in [0.1, 0.15) is 32.6 Å². The van der Waals surface area contributed by atoms with Crippen LogP contribution in [-0.4, -0.2) is 25.7 Å². The second kappa shape index (κ2) is 6.34. The maximum atomic E-state index is 11.4. The Kier molecular flexibility index (Phi) is 5.35. The van der Waals surface area contributed by atoms with E-state index in [1.165, 1.54) is 12.0 Å². The second-order valence-corrected chi connectivity index (χ2v) is 6.29. The zero-order chi connectivity index (χ0) is 13.8. The molecule has 0 bridgehead atoms. The molecule has 0 aromatic carbocycles. The third-order valence-electron chi connectivity index (χ3n) is 3.38. The van der Waals surface area contributed by atoms with Gasteiger partial charge in [0, 0.05) is 22.9 Å². The summed E-state index contributed by atoms with van der Waals surface area (Å²) in [5, 5.41) is 5.53. The topological polar surface area (TPSA) is 38.3 Å². The molecule has 18 heavy (non-hydrogen) atoms. The van der Waals surface area contributed by atoms with Crippen molar-refractivity contribution in [2.75, 3.05) is 13.7 Å². The van der Waals surface area contributed by atoms with Crippen molar-refractivity contribution in [2.24, 2.45) is 5.92 Å². The number of ether oxygens (including phenoxy) is 1. The highest BCUT2D eigenvalue weighted by Crippen LogP contribution is 2.26. The van der Waals surface area contributed by atoms with E-state index in [2.05, 4.69) is 36.7 Å². The van der Waals surface area contributed by atoms with E-state index < -0.39 is 0 Å². The Morgan fingerprint density at radius 3 is 2.67 bits per heavy atom. The first-order valence-corrected chi connectivity index (χ1v) is 7.11. The molecular formula is C14H23NO2S. The summed E-state index contributed by atoms with van der Waals surface area (Å²) in [4.78, 5) is 12.8. The number of methoxy groups -OCH3 is 1. The molecule has 0 fully saturated rings. The molecule has 1 rings (SSSR count). The summed E-state index contributed by atoms with van der Waals surface area (Å²) in [7, 11) is 1.43. The molecule has 0 saturated heterocycles. The molecule has 1 heterocycles. The molecule has 0 aliphatic rings. The maximum absolute atomic E-state index is 11.4. The fourth-order valence-corrected chi connectivity index (χ4v) is 2.59. The van der Waals surface area contributed by atoms with E-state index in [1.54, 1.807) is 11.3 Å². The fraction of sp³-hybridized carbons (Fsp3) is 0.643. The predicted molar refractivity (Wildman–Crippen MR) is 76.0 cm³/mol. The van der Waals surface area contributed by atoms with E-state index >= 15 is 0 Å². The molecule has 1 aromatic rings. The predicted octanol–water partition coefficient (Wildman–Crippen LogP) is 2.81. The van der Waals surface area contributed by atoms with Crippen molar-refractivity contribution in [2.45, 2.75) is 39.2 Å². The Labute approximate surface area is 114 Å². The molecular weight excluding hydrogens is 246 g/mol. The lowest BCUT2D eigenvalue weighted by molar-refractivity contribution is -0.145. The van der Waals surface area contributed by atoms with Crippen LogP contribution in [0.4, 0.5) is 0 Å². The Morgan fingerprint density at radius 1 is 1.50 bits per heavy atom. The minimum atomic E-state index is -0.163. The van der Waals surface area contributed by atoms with Crippen LogP contribution in [0, 0.1) is 5.92 Å². The number of hydrogen-bond acceptors (Lipinski definition) is 4. The van der Waals surface area contributed by atoms with Crippen molar-refractivity contribution in [3.63, 3.8) is 0 Å². The highest BCUT2D eigenvalue weighted by atomic mass is 32.1. The van der Waals surface area contributed by atoms with Crippen LogP contribution < -0.4 is 5.32 Å². The Morgan fingerprint density at radius 2 is 2.17 bits per heavy atom. The van der Waals surface area contributed by atoms with Crippen LogP contribution in [0.2, 0.25) is 0 Å². The van der Waals surface area contributed by atoms with E-state index in [9.17, 15) is 4.79 Å². The van der Waals surface area contributed by atoms with E-state index in [0.29, 0.717) is 0 Å². The SMILES string of the molecule is COC(=O)C(C)C(C)NCC(C)(C)c1cccs1. The summed E-state index contributed by atoms with van der Waals surface area (Å²) in [6.45, 7) is 9.17. The molecule has 0 aliphatic heterocycles. The van der Waals surface area contributed by atoms with Gasteiger partial charge in [-0.15, -0.1) is 11.3 Å². The summed E-state index contributed by atoms with van der Waals surface area (Å²) in [6, 6.07) is 4.33. The van der Waals surface area contributed by atoms with Gasteiger partial charge in [0.1, 0.15) is 0 Å². The first kappa shape index (κ1) is 15.2. The zero-order valence-corrected chi connectivity index (χ0v) is 12.6. The molecule has 4 heteroatoms. The van der Waals surface area contributed by atoms with Gasteiger partial charge in [-0.2, -0.15) is 0 Å². The molecule has 1 aromatic heterocycles. The number of carbonyl (C=O) groups excluding carboxylic acids is 1. The van der Waals surface area contributed by atoms with Gasteiger partial charge in [0.15, 0.2) is 0 Å². The molecule has 0 radical (unpaired) electrons. The summed E-state index contributed by atoms with van der Waals surface area (Å²) in [5.41, 5.74) is 0.0816. The van der Waals surface area contributed by atoms with Gasteiger partial charge in [0.2, 0.25) is 0 Å². The van der Waals surface area contributed by atoms with E-state index in [1.807, 2.05) is 13.8 Å². The van der Waals surface area contributed by atoms with E-state index in [0.717, 1.165) is 6.54 Å². The van der Waals surface area contributed by atoms with Crippen molar-refractivity contribution in [3.05, 3.63) is 22.4 Å². The first-order chi connectivity index (χ1) is 8.38. The van der Waals surface area contributed by atoms with Gasteiger partial charge in [0.05, 0.1) is 13.0 Å². The third kappa shape index (κ3) is 3.82. The number of esters is 1. The van der Waals surface area contributed by atoms with Crippen LogP contribution in [0.3, 0.4) is 0 Å². The van der Waals surface area contributed by atoms with Crippen LogP contribution in [0.5, 0.6) is 0 Å². The molecule has 102 valence electrons. The summed E-state index contributed by atoms with van der Waals surface area (Å²) in [6.07, 6.45) is 0. The number of thiophene rings is 1. The number of nitrogens with one attached hydrogen (secondary N) is 1. The molecule has 1 N–H and O–H groups in total. The lowest BCUT2D eigenvalue weighted by atomic mass is 9.90. The number of hydrogen-bond donors (Lipinski definition) is 1. The van der Waals surface area contributed by atoms with Gasteiger partial charge in [-0.3, -0.25) is 4.79 Å². The van der Waals surface area contributed by atoms with Gasteiger partial charge < -0.3 is 10.1 Å². The van der Waals surface area contributed by atoms with E-state index in [-0.39, 0.29) is 23.3 Å². The van der Waals surface area contributed by atoms with Crippen LogP contribution in [-0.2, 0) is 14.9 Å². The molecule has 0 saturated carbocycles. The Bertz CT molecular complexity index is 373. The van der Waals surface area contributed by atoms with Gasteiger partial charge in [-0.05, 0) is 18.4 Å². The Balaban J connectivity index is 2.52. The van der Waals surface area contributed by atoms with Crippen molar-refractivity contribution < 1.29 is 9.53 Å². The van der Waals surface area contributed by atoms with Crippen LogP contribution in [0.15, 0.2) is 17.5 Å². The van der Waals surface area contributed by atoms with Crippen LogP contribution >= 0.6 is 11.3 Å². The average molecular weight is 269 g/mol. The maximum Gasteiger partial charge on any atom is 0.309 e. The van der Waals surface area contributed by atoms with Crippen molar-refractivity contribution in [3.8, 4) is 0 Å². The fourth-order valence-electron chi connectivity index (χ4n) is 1.73. The minimum Gasteiger partial charge on any atom is -0.469 e. The van der Waals surface area contributed by atoms with Crippen molar-refractivity contribution in [1.29, 1.82) is 0 Å². The van der Waals surface area contributed by atoms with Gasteiger partial charge in [-0.1, -0.05) is 26.8 Å². The molecule has 2 unspecified atom stereocenters. The molecule has 0 amide bonds. The normalized spacial score (nSPS) is 15.2. The summed E-state index contributed by atoms with van der Waals surface area (Å²) >= 11 is 1.77. The number of rotatable bonds is 6. The van der Waals surface area contributed by atoms with Crippen molar-refractivity contribution >= 4 is 17.3 Å². The zero-order valence-electron chi connectivity index (χ0n) is 11.8. The number of carbonyl (C=O) groups is 1. The van der Waals surface area contributed by atoms with Crippen molar-refractivity contribution in [1.82, 2.24) is 5.32 Å². The lowest BCUT2D eigenvalue weighted by Crippen LogP contribution is -2.42. The van der Waals surface area contributed by atoms with Crippen LogP contribution in [0.25, 0.3) is 0 Å². The smallest absolute Gasteiger partial charge is 0.309 e. The molecule has 3 nitrogen and oxygen atoms in total. The minimum absolute atomic E-state index is 0.0816. The molecule has 2 atom stereocenters. The van der Waals surface area contributed by atoms with E-state index in [4.69, 9.17) is 4.74 Å². The molecule has 0 aliphatic carbocycles. The third-order valence-corrected chi connectivity index (χ3v) is 4.61. The van der Waals surface area contributed by atoms with Gasteiger partial charge >= 0.3 is 5.97 Å². The summed E-state index contributed by atoms with van der Waals surface area (Å²) < 4.78 is 4.76. The van der Waals surface area contributed by atoms with Gasteiger partial charge in [-0.25, -0.2) is 0 Å². The standard InChI is InChI=1S/C14H23NO2S/c1-10(13(16)17-5)11(2)15-9-14(3,4)12-7-6-8-18-12/h6-8,10-11,15H,9H2,1-5H3. The summed E-state index contributed by atoms with van der Waals surface area (Å²) in [5.74, 6) is -0.293. The average Bonchev–Trinajstić information content (AvgIpc) is 2.88. The highest BCUT2D eigenvalue weighted by molar-refractivity contribution is 7.10. The van der Waals surface area contributed by atoms with Gasteiger partial charge in [0.25, 0.3) is 0 Å². The quantitative estimate of drug-likeness (QED) is 0.807. The first-order valence-electron chi connectivity index (χ1n) is 6.23. The lowest BCUT2D eigenvalue weighted by Gasteiger charge is -2.28. The second-order valence-electron chi connectivity index (χ2n) is 5.34. The monoisotopic (exact) mass is 269 g/mol. The Hall–Kier alpha value is -0.870.